The van der Waals surface area contributed by atoms with E-state index in [0.717, 1.165) is 44.6 Å². The SMILES string of the molecule is CCCCCCCCCCCCCCCCNC(=O)CNc1cccc(C(=O)N2CCCCC2)c1. The van der Waals surface area contributed by atoms with Gasteiger partial charge in [0.25, 0.3) is 5.91 Å². The second-order valence-corrected chi connectivity index (χ2v) is 10.2. The molecule has 1 aliphatic heterocycles. The van der Waals surface area contributed by atoms with Gasteiger partial charge in [0.1, 0.15) is 0 Å². The molecule has 0 atom stereocenters. The topological polar surface area (TPSA) is 61.4 Å². The molecule has 2 rings (SSSR count). The number of amides is 2. The zero-order valence-corrected chi connectivity index (χ0v) is 22.4. The molecule has 0 bridgehead atoms. The molecule has 1 heterocycles. The van der Waals surface area contributed by atoms with Crippen molar-refractivity contribution >= 4 is 17.5 Å². The molecule has 5 heteroatoms. The summed E-state index contributed by atoms with van der Waals surface area (Å²) in [5.74, 6) is 0.100. The molecule has 0 aliphatic carbocycles. The van der Waals surface area contributed by atoms with Crippen molar-refractivity contribution in [2.45, 2.75) is 116 Å². The summed E-state index contributed by atoms with van der Waals surface area (Å²) in [6.45, 7) is 4.94. The van der Waals surface area contributed by atoms with Crippen molar-refractivity contribution in [3.05, 3.63) is 29.8 Å². The number of unbranched alkanes of at least 4 members (excludes halogenated alkanes) is 13. The smallest absolute Gasteiger partial charge is 0.253 e. The quantitative estimate of drug-likeness (QED) is 0.202. The molecule has 1 saturated heterocycles. The van der Waals surface area contributed by atoms with Gasteiger partial charge in [0, 0.05) is 30.9 Å². The number of piperidine rings is 1. The van der Waals surface area contributed by atoms with E-state index in [1.165, 1.54) is 89.9 Å². The standard InChI is InChI=1S/C30H51N3O2/c1-2-3-4-5-6-7-8-9-10-11-12-13-14-16-22-31-29(34)26-32-28-21-19-20-27(25-28)30(35)33-23-17-15-18-24-33/h19-21,25,32H,2-18,22-24,26H2,1H3,(H,31,34). The average Bonchev–Trinajstić information content (AvgIpc) is 2.90. The first-order valence-electron chi connectivity index (χ1n) is 14.6. The molecule has 1 aromatic rings. The van der Waals surface area contributed by atoms with Crippen LogP contribution >= 0.6 is 0 Å². The molecule has 1 aromatic carbocycles. The Morgan fingerprint density at radius 2 is 1.34 bits per heavy atom. The third-order valence-corrected chi connectivity index (χ3v) is 7.06. The van der Waals surface area contributed by atoms with Crippen LogP contribution in [0.2, 0.25) is 0 Å². The van der Waals surface area contributed by atoms with Gasteiger partial charge in [-0.1, -0.05) is 96.5 Å². The second-order valence-electron chi connectivity index (χ2n) is 10.2. The van der Waals surface area contributed by atoms with Crippen molar-refractivity contribution < 1.29 is 9.59 Å². The van der Waals surface area contributed by atoms with E-state index in [2.05, 4.69) is 17.6 Å². The number of hydrogen-bond donors (Lipinski definition) is 2. The van der Waals surface area contributed by atoms with E-state index in [0.29, 0.717) is 5.56 Å². The van der Waals surface area contributed by atoms with Crippen molar-refractivity contribution in [1.82, 2.24) is 10.2 Å². The van der Waals surface area contributed by atoms with Gasteiger partial charge < -0.3 is 15.5 Å². The Balaban J connectivity index is 1.43. The van der Waals surface area contributed by atoms with E-state index in [1.807, 2.05) is 29.2 Å². The first-order valence-corrected chi connectivity index (χ1v) is 14.6. The van der Waals surface area contributed by atoms with Gasteiger partial charge in [0.15, 0.2) is 0 Å². The van der Waals surface area contributed by atoms with Crippen LogP contribution in [-0.2, 0) is 4.79 Å². The molecule has 0 unspecified atom stereocenters. The first-order chi connectivity index (χ1) is 17.2. The Morgan fingerprint density at radius 1 is 0.771 bits per heavy atom. The van der Waals surface area contributed by atoms with Crippen LogP contribution in [0.1, 0.15) is 126 Å². The van der Waals surface area contributed by atoms with Crippen molar-refractivity contribution in [3.8, 4) is 0 Å². The molecule has 0 spiro atoms. The number of nitrogens with one attached hydrogen (secondary N) is 2. The van der Waals surface area contributed by atoms with Crippen LogP contribution in [0.3, 0.4) is 0 Å². The molecule has 5 nitrogen and oxygen atoms in total. The largest absolute Gasteiger partial charge is 0.376 e. The van der Waals surface area contributed by atoms with Gasteiger partial charge in [-0.2, -0.15) is 0 Å². The van der Waals surface area contributed by atoms with Crippen molar-refractivity contribution in [1.29, 1.82) is 0 Å². The van der Waals surface area contributed by atoms with Crippen LogP contribution in [0.25, 0.3) is 0 Å². The number of anilines is 1. The van der Waals surface area contributed by atoms with Crippen LogP contribution in [-0.4, -0.2) is 42.9 Å². The Hall–Kier alpha value is -2.04. The summed E-state index contributed by atoms with van der Waals surface area (Å²) >= 11 is 0. The summed E-state index contributed by atoms with van der Waals surface area (Å²) in [5, 5.41) is 6.17. The Labute approximate surface area is 214 Å². The van der Waals surface area contributed by atoms with E-state index < -0.39 is 0 Å². The number of carbonyl (C=O) groups is 2. The molecule has 0 saturated carbocycles. The number of carbonyl (C=O) groups excluding carboxylic acids is 2. The summed E-state index contributed by atoms with van der Waals surface area (Å²) in [4.78, 5) is 26.8. The van der Waals surface area contributed by atoms with Gasteiger partial charge in [-0.15, -0.1) is 0 Å². The summed E-state index contributed by atoms with van der Waals surface area (Å²) in [7, 11) is 0. The van der Waals surface area contributed by atoms with E-state index in [9.17, 15) is 9.59 Å². The highest BCUT2D eigenvalue weighted by Gasteiger charge is 2.18. The second kappa shape index (κ2) is 19.2. The average molecular weight is 486 g/mol. The zero-order chi connectivity index (χ0) is 25.0. The Bertz CT molecular complexity index is 701. The lowest BCUT2D eigenvalue weighted by Gasteiger charge is -2.26. The lowest BCUT2D eigenvalue weighted by atomic mass is 10.0. The highest BCUT2D eigenvalue weighted by molar-refractivity contribution is 5.95. The van der Waals surface area contributed by atoms with Crippen LogP contribution < -0.4 is 10.6 Å². The Morgan fingerprint density at radius 3 is 1.94 bits per heavy atom. The number of benzene rings is 1. The zero-order valence-electron chi connectivity index (χ0n) is 22.4. The van der Waals surface area contributed by atoms with Gasteiger partial charge in [-0.3, -0.25) is 9.59 Å². The maximum Gasteiger partial charge on any atom is 0.253 e. The minimum Gasteiger partial charge on any atom is -0.376 e. The molecule has 198 valence electrons. The maximum absolute atomic E-state index is 12.7. The molecular formula is C30H51N3O2. The van der Waals surface area contributed by atoms with E-state index in [1.54, 1.807) is 0 Å². The van der Waals surface area contributed by atoms with E-state index >= 15 is 0 Å². The Kier molecular flexibility index (Phi) is 16.0. The third-order valence-electron chi connectivity index (χ3n) is 7.06. The predicted octanol–water partition coefficient (Wildman–Crippen LogP) is 7.32. The normalized spacial score (nSPS) is 13.6. The highest BCUT2D eigenvalue weighted by atomic mass is 16.2. The molecule has 1 aliphatic rings. The minimum absolute atomic E-state index is 0.00690. The summed E-state index contributed by atoms with van der Waals surface area (Å²) < 4.78 is 0. The van der Waals surface area contributed by atoms with Crippen molar-refractivity contribution in [2.75, 3.05) is 31.5 Å². The molecule has 35 heavy (non-hydrogen) atoms. The molecule has 0 aromatic heterocycles. The first kappa shape index (κ1) is 29.2. The minimum atomic E-state index is 0.00690. The molecular weight excluding hydrogens is 434 g/mol. The predicted molar refractivity (Wildman–Crippen MR) is 148 cm³/mol. The monoisotopic (exact) mass is 485 g/mol. The number of nitrogens with zero attached hydrogens (tertiary/aromatic N) is 1. The highest BCUT2D eigenvalue weighted by Crippen LogP contribution is 2.16. The molecule has 0 radical (unpaired) electrons. The molecule has 1 fully saturated rings. The van der Waals surface area contributed by atoms with E-state index in [4.69, 9.17) is 0 Å². The summed E-state index contributed by atoms with van der Waals surface area (Å²) in [6.07, 6.45) is 22.1. The maximum atomic E-state index is 12.7. The van der Waals surface area contributed by atoms with Crippen LogP contribution in [0, 0.1) is 0 Å². The van der Waals surface area contributed by atoms with Gasteiger partial charge in [0.2, 0.25) is 5.91 Å². The number of likely N-dealkylation sites (tertiary alicyclic amines) is 1. The van der Waals surface area contributed by atoms with Crippen LogP contribution in [0.15, 0.2) is 24.3 Å². The summed E-state index contributed by atoms with van der Waals surface area (Å²) in [5.41, 5.74) is 1.51. The molecule has 2 N–H and O–H groups in total. The van der Waals surface area contributed by atoms with Crippen molar-refractivity contribution in [2.24, 2.45) is 0 Å². The lowest BCUT2D eigenvalue weighted by molar-refractivity contribution is -0.119. The fraction of sp³-hybridized carbons (Fsp3) is 0.733. The number of rotatable bonds is 19. The van der Waals surface area contributed by atoms with Gasteiger partial charge in [-0.05, 0) is 43.9 Å². The fourth-order valence-electron chi connectivity index (χ4n) is 4.83. The van der Waals surface area contributed by atoms with Crippen molar-refractivity contribution in [3.63, 3.8) is 0 Å². The van der Waals surface area contributed by atoms with Crippen LogP contribution in [0.4, 0.5) is 5.69 Å². The van der Waals surface area contributed by atoms with Gasteiger partial charge in [0.05, 0.1) is 6.54 Å². The third kappa shape index (κ3) is 13.6. The van der Waals surface area contributed by atoms with Gasteiger partial charge >= 0.3 is 0 Å². The lowest BCUT2D eigenvalue weighted by Crippen LogP contribution is -2.35. The van der Waals surface area contributed by atoms with Crippen LogP contribution in [0.5, 0.6) is 0 Å². The van der Waals surface area contributed by atoms with Gasteiger partial charge in [-0.25, -0.2) is 0 Å². The fourth-order valence-corrected chi connectivity index (χ4v) is 4.83. The number of hydrogen-bond acceptors (Lipinski definition) is 3. The summed E-state index contributed by atoms with van der Waals surface area (Å²) in [6, 6.07) is 7.51. The molecule has 2 amide bonds. The van der Waals surface area contributed by atoms with E-state index in [-0.39, 0.29) is 18.4 Å².